The molecule has 1 aromatic rings. The molecule has 0 fully saturated rings. The molecule has 1 aromatic carbocycles. The molecule has 0 spiro atoms. The minimum Gasteiger partial charge on any atom is -0.481 e. The van der Waals surface area contributed by atoms with Crippen molar-refractivity contribution >= 4 is 0 Å². The van der Waals surface area contributed by atoms with Crippen LogP contribution in [0.1, 0.15) is 0 Å². The summed E-state index contributed by atoms with van der Waals surface area (Å²) in [5, 5.41) is 0. The Morgan fingerprint density at radius 1 is 1.33 bits per heavy atom. The molecule has 0 saturated heterocycles. The first-order valence-corrected chi connectivity index (χ1v) is 3.25. The van der Waals surface area contributed by atoms with Gasteiger partial charge in [-0.3, -0.25) is 0 Å². The number of ether oxygens (including phenoxy) is 1. The van der Waals surface area contributed by atoms with Crippen molar-refractivity contribution in [1.82, 2.24) is 0 Å². The van der Waals surface area contributed by atoms with Crippen LogP contribution in [0.15, 0.2) is 18.2 Å². The number of hydrogen-bond acceptors (Lipinski definition) is 1. The van der Waals surface area contributed by atoms with Gasteiger partial charge in [-0.05, 0) is 12.1 Å². The minimum atomic E-state index is -0.940. The molecule has 0 radical (unpaired) electrons. The van der Waals surface area contributed by atoms with Crippen molar-refractivity contribution in [3.8, 4) is 18.1 Å². The second-order valence-electron chi connectivity index (χ2n) is 2.07. The van der Waals surface area contributed by atoms with Crippen molar-refractivity contribution in [1.29, 1.82) is 0 Å². The van der Waals surface area contributed by atoms with Gasteiger partial charge in [0.1, 0.15) is 12.4 Å². The second-order valence-corrected chi connectivity index (χ2v) is 2.07. The van der Waals surface area contributed by atoms with Crippen LogP contribution in [-0.4, -0.2) is 6.61 Å². The van der Waals surface area contributed by atoms with Crippen molar-refractivity contribution in [2.45, 2.75) is 0 Å². The third-order valence-electron chi connectivity index (χ3n) is 1.21. The molecule has 0 aliphatic carbocycles. The Labute approximate surface area is 69.0 Å². The van der Waals surface area contributed by atoms with E-state index in [0.717, 1.165) is 12.1 Å². The first-order valence-electron chi connectivity index (χ1n) is 3.25. The highest BCUT2D eigenvalue weighted by molar-refractivity contribution is 5.23. The van der Waals surface area contributed by atoms with Gasteiger partial charge >= 0.3 is 0 Å². The van der Waals surface area contributed by atoms with Crippen molar-refractivity contribution < 1.29 is 13.5 Å². The highest BCUT2D eigenvalue weighted by Gasteiger charge is 2.01. The maximum Gasteiger partial charge on any atom is 0.162 e. The van der Waals surface area contributed by atoms with E-state index in [-0.39, 0.29) is 12.4 Å². The average molecular weight is 168 g/mol. The highest BCUT2D eigenvalue weighted by atomic mass is 19.2. The Morgan fingerprint density at radius 2 is 2.08 bits per heavy atom. The molecule has 0 bridgehead atoms. The molecule has 0 heterocycles. The highest BCUT2D eigenvalue weighted by Crippen LogP contribution is 2.14. The van der Waals surface area contributed by atoms with Crippen LogP contribution in [0, 0.1) is 24.0 Å². The first-order chi connectivity index (χ1) is 5.74. The van der Waals surface area contributed by atoms with E-state index >= 15 is 0 Å². The predicted molar refractivity (Wildman–Crippen MR) is 40.7 cm³/mol. The zero-order valence-electron chi connectivity index (χ0n) is 6.18. The summed E-state index contributed by atoms with van der Waals surface area (Å²) >= 11 is 0. The quantitative estimate of drug-likeness (QED) is 0.613. The normalized spacial score (nSPS) is 9.08. The lowest BCUT2D eigenvalue weighted by Gasteiger charge is -2.01. The van der Waals surface area contributed by atoms with Crippen LogP contribution in [0.25, 0.3) is 0 Å². The summed E-state index contributed by atoms with van der Waals surface area (Å²) in [5.74, 6) is 0.600. The van der Waals surface area contributed by atoms with Crippen LogP contribution in [0.5, 0.6) is 5.75 Å². The van der Waals surface area contributed by atoms with E-state index in [4.69, 9.17) is 11.2 Å². The minimum absolute atomic E-state index is 0.0467. The lowest BCUT2D eigenvalue weighted by atomic mass is 10.3. The van der Waals surface area contributed by atoms with E-state index in [0.29, 0.717) is 0 Å². The molecule has 1 rings (SSSR count). The second kappa shape index (κ2) is 3.72. The molecule has 0 atom stereocenters. The molecule has 0 unspecified atom stereocenters. The molecule has 0 N–H and O–H groups in total. The standard InChI is InChI=1S/C9H6F2O/c1-2-5-12-7-3-4-8(10)9(11)6-7/h1,3-4,6H,5H2. The van der Waals surface area contributed by atoms with Crippen LogP contribution in [-0.2, 0) is 0 Å². The zero-order chi connectivity index (χ0) is 8.97. The van der Waals surface area contributed by atoms with Crippen molar-refractivity contribution in [2.24, 2.45) is 0 Å². The van der Waals surface area contributed by atoms with Crippen LogP contribution >= 0.6 is 0 Å². The van der Waals surface area contributed by atoms with Gasteiger partial charge in [-0.25, -0.2) is 8.78 Å². The SMILES string of the molecule is C#CCOc1ccc(F)c(F)c1. The average Bonchev–Trinajstić information content (AvgIpc) is 2.07. The number of halogens is 2. The fourth-order valence-electron chi connectivity index (χ4n) is 0.692. The topological polar surface area (TPSA) is 9.23 Å². The number of benzene rings is 1. The maximum atomic E-state index is 12.5. The number of hydrogen-bond donors (Lipinski definition) is 0. The molecule has 0 aliphatic heterocycles. The summed E-state index contributed by atoms with van der Waals surface area (Å²) in [6, 6.07) is 3.25. The van der Waals surface area contributed by atoms with E-state index in [1.165, 1.54) is 6.07 Å². The smallest absolute Gasteiger partial charge is 0.162 e. The van der Waals surface area contributed by atoms with E-state index in [1.807, 2.05) is 0 Å². The summed E-state index contributed by atoms with van der Waals surface area (Å²) in [6.07, 6.45) is 4.90. The van der Waals surface area contributed by atoms with Gasteiger partial charge in [0.2, 0.25) is 0 Å². The molecule has 62 valence electrons. The Morgan fingerprint density at radius 3 is 2.67 bits per heavy atom. The Hall–Kier alpha value is -1.56. The lowest BCUT2D eigenvalue weighted by molar-refractivity contribution is 0.365. The summed E-state index contributed by atoms with van der Waals surface area (Å²) in [5.41, 5.74) is 0. The van der Waals surface area contributed by atoms with Gasteiger partial charge < -0.3 is 4.74 Å². The third kappa shape index (κ3) is 1.96. The van der Waals surface area contributed by atoms with Crippen LogP contribution < -0.4 is 4.74 Å². The predicted octanol–water partition coefficient (Wildman–Crippen LogP) is 1.98. The summed E-state index contributed by atoms with van der Waals surface area (Å²) in [4.78, 5) is 0. The fraction of sp³-hybridized carbons (Fsp3) is 0.111. The lowest BCUT2D eigenvalue weighted by Crippen LogP contribution is -1.94. The van der Waals surface area contributed by atoms with Gasteiger partial charge in [-0.2, -0.15) is 0 Å². The Kier molecular flexibility index (Phi) is 2.65. The largest absolute Gasteiger partial charge is 0.481 e. The monoisotopic (exact) mass is 168 g/mol. The van der Waals surface area contributed by atoms with Gasteiger partial charge in [-0.1, -0.05) is 5.92 Å². The molecular weight excluding hydrogens is 162 g/mol. The Bertz CT molecular complexity index is 315. The zero-order valence-corrected chi connectivity index (χ0v) is 6.18. The summed E-state index contributed by atoms with van der Waals surface area (Å²) < 4.78 is 29.7. The third-order valence-corrected chi connectivity index (χ3v) is 1.21. The molecule has 0 aromatic heterocycles. The van der Waals surface area contributed by atoms with E-state index < -0.39 is 11.6 Å². The van der Waals surface area contributed by atoms with Gasteiger partial charge in [0, 0.05) is 6.07 Å². The van der Waals surface area contributed by atoms with Gasteiger partial charge in [0.05, 0.1) is 0 Å². The van der Waals surface area contributed by atoms with Crippen molar-refractivity contribution in [2.75, 3.05) is 6.61 Å². The summed E-state index contributed by atoms with van der Waals surface area (Å²) in [6.45, 7) is 0.0467. The van der Waals surface area contributed by atoms with Gasteiger partial charge in [0.25, 0.3) is 0 Å². The van der Waals surface area contributed by atoms with Crippen molar-refractivity contribution in [3.05, 3.63) is 29.8 Å². The molecular formula is C9H6F2O. The molecule has 3 heteroatoms. The number of terminal acetylenes is 1. The van der Waals surface area contributed by atoms with E-state index in [1.54, 1.807) is 0 Å². The Balaban J connectivity index is 2.77. The van der Waals surface area contributed by atoms with Crippen LogP contribution in [0.4, 0.5) is 8.78 Å². The van der Waals surface area contributed by atoms with E-state index in [2.05, 4.69) is 5.92 Å². The fourth-order valence-corrected chi connectivity index (χ4v) is 0.692. The maximum absolute atomic E-state index is 12.5. The molecule has 0 amide bonds. The van der Waals surface area contributed by atoms with Gasteiger partial charge in [-0.15, -0.1) is 6.42 Å². The number of rotatable bonds is 2. The first kappa shape index (κ1) is 8.54. The molecule has 12 heavy (non-hydrogen) atoms. The van der Waals surface area contributed by atoms with E-state index in [9.17, 15) is 8.78 Å². The van der Waals surface area contributed by atoms with Crippen LogP contribution in [0.2, 0.25) is 0 Å². The van der Waals surface area contributed by atoms with Crippen LogP contribution in [0.3, 0.4) is 0 Å². The molecule has 0 aliphatic rings. The van der Waals surface area contributed by atoms with Gasteiger partial charge in [0.15, 0.2) is 11.6 Å². The van der Waals surface area contributed by atoms with Crippen molar-refractivity contribution in [3.63, 3.8) is 0 Å². The summed E-state index contributed by atoms with van der Waals surface area (Å²) in [7, 11) is 0. The molecule has 1 nitrogen and oxygen atoms in total. The molecule has 0 saturated carbocycles.